The highest BCUT2D eigenvalue weighted by Gasteiger charge is 2.12. The van der Waals surface area contributed by atoms with Gasteiger partial charge in [-0.25, -0.2) is 0 Å². The zero-order chi connectivity index (χ0) is 17.1. The average Bonchev–Trinajstić information content (AvgIpc) is 3.15. The normalized spacial score (nSPS) is 10.8. The molecule has 0 radical (unpaired) electrons. The van der Waals surface area contributed by atoms with Gasteiger partial charge in [-0.05, 0) is 31.5 Å². The second kappa shape index (κ2) is 6.88. The molecule has 0 saturated carbocycles. The molecule has 24 heavy (non-hydrogen) atoms. The first-order chi connectivity index (χ1) is 11.5. The Morgan fingerprint density at radius 3 is 2.88 bits per heavy atom. The van der Waals surface area contributed by atoms with Crippen LogP contribution in [0, 0.1) is 6.92 Å². The van der Waals surface area contributed by atoms with Crippen LogP contribution in [0.2, 0.25) is 5.02 Å². The van der Waals surface area contributed by atoms with Gasteiger partial charge in [0, 0.05) is 29.5 Å². The standard InChI is InChI=1S/C17H18ClN5O/c1-3-22-11-14(9-19-22)17(24)20-16-7-12(2)23(21-16)10-13-5-4-6-15(18)8-13/h4-9,11H,3,10H2,1-2H3,(H,20,21,24). The Labute approximate surface area is 145 Å². The monoisotopic (exact) mass is 343 g/mol. The maximum Gasteiger partial charge on any atom is 0.260 e. The van der Waals surface area contributed by atoms with Crippen LogP contribution in [-0.4, -0.2) is 25.5 Å². The molecular weight excluding hydrogens is 326 g/mol. The smallest absolute Gasteiger partial charge is 0.260 e. The predicted molar refractivity (Wildman–Crippen MR) is 93.4 cm³/mol. The summed E-state index contributed by atoms with van der Waals surface area (Å²) in [6, 6.07) is 9.48. The van der Waals surface area contributed by atoms with Crippen LogP contribution in [0.4, 0.5) is 5.82 Å². The Hall–Kier alpha value is -2.60. The third-order valence-corrected chi connectivity index (χ3v) is 3.90. The van der Waals surface area contributed by atoms with Gasteiger partial charge >= 0.3 is 0 Å². The molecule has 6 nitrogen and oxygen atoms in total. The molecule has 2 aromatic heterocycles. The summed E-state index contributed by atoms with van der Waals surface area (Å²) in [5.74, 6) is 0.297. The van der Waals surface area contributed by atoms with E-state index in [1.54, 1.807) is 17.1 Å². The number of anilines is 1. The first-order valence-electron chi connectivity index (χ1n) is 7.68. The molecule has 3 aromatic rings. The van der Waals surface area contributed by atoms with Crippen molar-refractivity contribution in [2.24, 2.45) is 0 Å². The van der Waals surface area contributed by atoms with Crippen molar-refractivity contribution in [1.29, 1.82) is 0 Å². The van der Waals surface area contributed by atoms with Crippen molar-refractivity contribution in [2.75, 3.05) is 5.32 Å². The second-order valence-corrected chi connectivity index (χ2v) is 5.93. The number of hydrogen-bond acceptors (Lipinski definition) is 3. The Morgan fingerprint density at radius 1 is 1.33 bits per heavy atom. The molecule has 0 atom stereocenters. The van der Waals surface area contributed by atoms with Crippen molar-refractivity contribution in [3.05, 3.63) is 64.6 Å². The maximum absolute atomic E-state index is 12.2. The molecule has 7 heteroatoms. The van der Waals surface area contributed by atoms with Crippen molar-refractivity contribution < 1.29 is 4.79 Å². The van der Waals surface area contributed by atoms with Crippen LogP contribution in [0.1, 0.15) is 28.5 Å². The number of carbonyl (C=O) groups is 1. The van der Waals surface area contributed by atoms with E-state index in [-0.39, 0.29) is 5.91 Å². The number of nitrogens with zero attached hydrogens (tertiary/aromatic N) is 4. The molecule has 1 N–H and O–H groups in total. The molecule has 1 aromatic carbocycles. The molecular formula is C17H18ClN5O. The van der Waals surface area contributed by atoms with E-state index in [4.69, 9.17) is 11.6 Å². The summed E-state index contributed by atoms with van der Waals surface area (Å²) < 4.78 is 3.54. The van der Waals surface area contributed by atoms with Crippen molar-refractivity contribution >= 4 is 23.3 Å². The number of rotatable bonds is 5. The van der Waals surface area contributed by atoms with E-state index in [0.717, 1.165) is 17.8 Å². The van der Waals surface area contributed by atoms with Gasteiger partial charge in [0.05, 0.1) is 18.3 Å². The van der Waals surface area contributed by atoms with E-state index in [1.165, 1.54) is 0 Å². The highest BCUT2D eigenvalue weighted by Crippen LogP contribution is 2.15. The highest BCUT2D eigenvalue weighted by atomic mass is 35.5. The number of carbonyl (C=O) groups excluding carboxylic acids is 1. The van der Waals surface area contributed by atoms with Crippen molar-refractivity contribution in [3.63, 3.8) is 0 Å². The SMILES string of the molecule is CCn1cc(C(=O)Nc2cc(C)n(Cc3cccc(Cl)c3)n2)cn1. The van der Waals surface area contributed by atoms with Gasteiger partial charge in [0.25, 0.3) is 5.91 Å². The second-order valence-electron chi connectivity index (χ2n) is 5.50. The fourth-order valence-corrected chi connectivity index (χ4v) is 2.59. The molecule has 0 fully saturated rings. The number of hydrogen-bond donors (Lipinski definition) is 1. The van der Waals surface area contributed by atoms with Gasteiger partial charge in [0.1, 0.15) is 0 Å². The van der Waals surface area contributed by atoms with Gasteiger partial charge < -0.3 is 5.32 Å². The van der Waals surface area contributed by atoms with Gasteiger partial charge in [-0.1, -0.05) is 23.7 Å². The van der Waals surface area contributed by atoms with Crippen LogP contribution in [-0.2, 0) is 13.1 Å². The van der Waals surface area contributed by atoms with Crippen LogP contribution >= 0.6 is 11.6 Å². The van der Waals surface area contributed by atoms with Crippen LogP contribution in [0.25, 0.3) is 0 Å². The molecule has 0 aliphatic rings. The molecule has 0 saturated heterocycles. The zero-order valence-corrected chi connectivity index (χ0v) is 14.3. The minimum absolute atomic E-state index is 0.220. The predicted octanol–water partition coefficient (Wildman–Crippen LogP) is 3.36. The summed E-state index contributed by atoms with van der Waals surface area (Å²) in [5.41, 5.74) is 2.52. The molecule has 0 aliphatic heterocycles. The van der Waals surface area contributed by atoms with E-state index in [9.17, 15) is 4.79 Å². The molecule has 124 valence electrons. The zero-order valence-electron chi connectivity index (χ0n) is 13.5. The summed E-state index contributed by atoms with van der Waals surface area (Å²) in [4.78, 5) is 12.2. The molecule has 0 bridgehead atoms. The fourth-order valence-electron chi connectivity index (χ4n) is 2.38. The van der Waals surface area contributed by atoms with Gasteiger partial charge in [0.15, 0.2) is 5.82 Å². The van der Waals surface area contributed by atoms with Gasteiger partial charge in [-0.2, -0.15) is 10.2 Å². The van der Waals surface area contributed by atoms with E-state index >= 15 is 0 Å². The number of aryl methyl sites for hydroxylation is 2. The van der Waals surface area contributed by atoms with E-state index in [1.807, 2.05) is 48.9 Å². The fraction of sp³-hybridized carbons (Fsp3) is 0.235. The largest absolute Gasteiger partial charge is 0.305 e. The number of aromatic nitrogens is 4. The number of benzene rings is 1. The van der Waals surface area contributed by atoms with Crippen LogP contribution in [0.15, 0.2) is 42.7 Å². The molecule has 2 heterocycles. The van der Waals surface area contributed by atoms with Gasteiger partial charge in [-0.15, -0.1) is 0 Å². The number of amides is 1. The molecule has 0 spiro atoms. The minimum atomic E-state index is -0.220. The topological polar surface area (TPSA) is 64.7 Å². The first-order valence-corrected chi connectivity index (χ1v) is 8.05. The van der Waals surface area contributed by atoms with Crippen molar-refractivity contribution in [3.8, 4) is 0 Å². The Kier molecular flexibility index (Phi) is 4.66. The Morgan fingerprint density at radius 2 is 2.17 bits per heavy atom. The lowest BCUT2D eigenvalue weighted by Crippen LogP contribution is -2.12. The lowest BCUT2D eigenvalue weighted by atomic mass is 10.2. The summed E-state index contributed by atoms with van der Waals surface area (Å²) >= 11 is 6.01. The molecule has 1 amide bonds. The van der Waals surface area contributed by atoms with Gasteiger partial charge in [0.2, 0.25) is 0 Å². The minimum Gasteiger partial charge on any atom is -0.305 e. The van der Waals surface area contributed by atoms with E-state index < -0.39 is 0 Å². The summed E-state index contributed by atoms with van der Waals surface area (Å²) in [7, 11) is 0. The first kappa shape index (κ1) is 16.3. The quantitative estimate of drug-likeness (QED) is 0.772. The van der Waals surface area contributed by atoms with Crippen LogP contribution in [0.3, 0.4) is 0 Å². The van der Waals surface area contributed by atoms with Crippen LogP contribution in [0.5, 0.6) is 0 Å². The van der Waals surface area contributed by atoms with Gasteiger partial charge in [-0.3, -0.25) is 14.2 Å². The number of nitrogens with one attached hydrogen (secondary N) is 1. The summed E-state index contributed by atoms with van der Waals surface area (Å²) in [5, 5.41) is 12.0. The molecule has 0 aliphatic carbocycles. The molecule has 3 rings (SSSR count). The third-order valence-electron chi connectivity index (χ3n) is 3.66. The average molecular weight is 344 g/mol. The lowest BCUT2D eigenvalue weighted by Gasteiger charge is -2.05. The van der Waals surface area contributed by atoms with Crippen LogP contribution < -0.4 is 5.32 Å². The summed E-state index contributed by atoms with van der Waals surface area (Å²) in [6.07, 6.45) is 3.26. The van der Waals surface area contributed by atoms with Crippen molar-refractivity contribution in [2.45, 2.75) is 26.9 Å². The summed E-state index contributed by atoms with van der Waals surface area (Å²) in [6.45, 7) is 5.23. The molecule has 0 unspecified atom stereocenters. The Bertz CT molecular complexity index is 868. The lowest BCUT2D eigenvalue weighted by molar-refractivity contribution is 0.102. The third kappa shape index (κ3) is 3.65. The maximum atomic E-state index is 12.2. The van der Waals surface area contributed by atoms with E-state index in [0.29, 0.717) is 22.9 Å². The van der Waals surface area contributed by atoms with Crippen molar-refractivity contribution in [1.82, 2.24) is 19.6 Å². The number of halogens is 1. The highest BCUT2D eigenvalue weighted by molar-refractivity contribution is 6.30. The Balaban J connectivity index is 1.72. The van der Waals surface area contributed by atoms with E-state index in [2.05, 4.69) is 15.5 Å².